The predicted octanol–water partition coefficient (Wildman–Crippen LogP) is 4.65. The zero-order valence-corrected chi connectivity index (χ0v) is 10.8. The monoisotopic (exact) mass is 234 g/mol. The van der Waals surface area contributed by atoms with Crippen LogP contribution < -0.4 is 0 Å². The first kappa shape index (κ1) is 11.3. The first-order valence-electron chi connectivity index (χ1n) is 6.65. The first-order chi connectivity index (χ1) is 8.84. The smallest absolute Gasteiger partial charge is 0.00610 e. The Morgan fingerprint density at radius 1 is 0.833 bits per heavy atom. The summed E-state index contributed by atoms with van der Waals surface area (Å²) in [5.74, 6) is 0. The van der Waals surface area contributed by atoms with Gasteiger partial charge in [-0.15, -0.1) is 0 Å². The van der Waals surface area contributed by atoms with E-state index in [-0.39, 0.29) is 0 Å². The molecule has 0 heteroatoms. The van der Waals surface area contributed by atoms with Gasteiger partial charge < -0.3 is 0 Å². The fourth-order valence-electron chi connectivity index (χ4n) is 2.83. The van der Waals surface area contributed by atoms with E-state index in [1.54, 1.807) is 5.57 Å². The van der Waals surface area contributed by atoms with Crippen LogP contribution in [0.15, 0.2) is 60.2 Å². The van der Waals surface area contributed by atoms with Crippen LogP contribution in [0.25, 0.3) is 5.57 Å². The lowest BCUT2D eigenvalue weighted by Crippen LogP contribution is -2.05. The number of hydrogen-bond donors (Lipinski definition) is 0. The molecular formula is C18H18. The Hall–Kier alpha value is -1.82. The third kappa shape index (κ3) is 2.11. The van der Waals surface area contributed by atoms with Gasteiger partial charge >= 0.3 is 0 Å². The van der Waals surface area contributed by atoms with Gasteiger partial charge in [0.1, 0.15) is 0 Å². The highest BCUT2D eigenvalue weighted by Crippen LogP contribution is 2.32. The Bertz CT molecular complexity index is 576. The van der Waals surface area contributed by atoms with Crippen molar-refractivity contribution in [3.8, 4) is 0 Å². The Kier molecular flexibility index (Phi) is 3.02. The van der Waals surface area contributed by atoms with Gasteiger partial charge in [0.2, 0.25) is 0 Å². The average molecular weight is 234 g/mol. The molecule has 0 aromatic heterocycles. The quantitative estimate of drug-likeness (QED) is 0.709. The van der Waals surface area contributed by atoms with Gasteiger partial charge in [0.25, 0.3) is 0 Å². The molecular weight excluding hydrogens is 216 g/mol. The second-order valence-corrected chi connectivity index (χ2v) is 5.05. The number of rotatable bonds is 2. The SMILES string of the molecule is CC1=C(Cc2ccccc2)CCc2ccccc21. The molecule has 90 valence electrons. The van der Waals surface area contributed by atoms with E-state index in [2.05, 4.69) is 61.5 Å². The topological polar surface area (TPSA) is 0 Å². The van der Waals surface area contributed by atoms with E-state index >= 15 is 0 Å². The summed E-state index contributed by atoms with van der Waals surface area (Å²) in [7, 11) is 0. The molecule has 0 amide bonds. The summed E-state index contributed by atoms with van der Waals surface area (Å²) in [5.41, 5.74) is 7.47. The molecule has 0 fully saturated rings. The van der Waals surface area contributed by atoms with Gasteiger partial charge in [-0.2, -0.15) is 0 Å². The van der Waals surface area contributed by atoms with Gasteiger partial charge in [-0.1, -0.05) is 60.2 Å². The summed E-state index contributed by atoms with van der Waals surface area (Å²) in [6, 6.07) is 19.6. The zero-order chi connectivity index (χ0) is 12.4. The third-order valence-electron chi connectivity index (χ3n) is 3.91. The molecule has 18 heavy (non-hydrogen) atoms. The van der Waals surface area contributed by atoms with E-state index in [0.29, 0.717) is 0 Å². The van der Waals surface area contributed by atoms with Crippen molar-refractivity contribution in [3.63, 3.8) is 0 Å². The van der Waals surface area contributed by atoms with Gasteiger partial charge in [-0.05, 0) is 48.4 Å². The third-order valence-corrected chi connectivity index (χ3v) is 3.91. The molecule has 0 heterocycles. The molecule has 0 spiro atoms. The maximum atomic E-state index is 2.27. The molecule has 2 aromatic rings. The van der Waals surface area contributed by atoms with Crippen LogP contribution in [0, 0.1) is 0 Å². The lowest BCUT2D eigenvalue weighted by Gasteiger charge is -2.21. The standard InChI is InChI=1S/C18H18/c1-14-17(13-15-7-3-2-4-8-15)12-11-16-9-5-6-10-18(14)16/h2-10H,11-13H2,1H3. The predicted molar refractivity (Wildman–Crippen MR) is 77.5 cm³/mol. The van der Waals surface area contributed by atoms with Crippen LogP contribution in [0.3, 0.4) is 0 Å². The van der Waals surface area contributed by atoms with Crippen molar-refractivity contribution in [2.24, 2.45) is 0 Å². The molecule has 0 N–H and O–H groups in total. The highest BCUT2D eigenvalue weighted by molar-refractivity contribution is 5.72. The normalized spacial score (nSPS) is 14.5. The maximum Gasteiger partial charge on any atom is -0.00610 e. The first-order valence-corrected chi connectivity index (χ1v) is 6.65. The number of allylic oxidation sites excluding steroid dienone is 2. The van der Waals surface area contributed by atoms with E-state index in [0.717, 1.165) is 6.42 Å². The van der Waals surface area contributed by atoms with Crippen molar-refractivity contribution in [1.29, 1.82) is 0 Å². The van der Waals surface area contributed by atoms with Crippen LogP contribution in [0.1, 0.15) is 30.0 Å². The van der Waals surface area contributed by atoms with Crippen LogP contribution in [0.2, 0.25) is 0 Å². The largest absolute Gasteiger partial charge is 0.0622 e. The fourth-order valence-corrected chi connectivity index (χ4v) is 2.83. The van der Waals surface area contributed by atoms with Crippen molar-refractivity contribution in [2.75, 3.05) is 0 Å². The number of benzene rings is 2. The van der Waals surface area contributed by atoms with Gasteiger partial charge in [0.15, 0.2) is 0 Å². The van der Waals surface area contributed by atoms with Crippen molar-refractivity contribution in [1.82, 2.24) is 0 Å². The molecule has 0 radical (unpaired) electrons. The van der Waals surface area contributed by atoms with Crippen LogP contribution in [0.5, 0.6) is 0 Å². The van der Waals surface area contributed by atoms with Gasteiger partial charge in [-0.25, -0.2) is 0 Å². The lowest BCUT2D eigenvalue weighted by molar-refractivity contribution is 0.877. The molecule has 0 atom stereocenters. The summed E-state index contributed by atoms with van der Waals surface area (Å²) in [6.07, 6.45) is 3.49. The molecule has 0 unspecified atom stereocenters. The Morgan fingerprint density at radius 3 is 2.39 bits per heavy atom. The minimum atomic E-state index is 1.10. The minimum Gasteiger partial charge on any atom is -0.0622 e. The molecule has 0 saturated heterocycles. The van der Waals surface area contributed by atoms with E-state index in [1.807, 2.05) is 0 Å². The van der Waals surface area contributed by atoms with Crippen molar-refractivity contribution in [2.45, 2.75) is 26.2 Å². The molecule has 0 nitrogen and oxygen atoms in total. The van der Waals surface area contributed by atoms with Crippen LogP contribution >= 0.6 is 0 Å². The average Bonchev–Trinajstić information content (AvgIpc) is 2.43. The highest BCUT2D eigenvalue weighted by atomic mass is 14.2. The molecule has 0 bridgehead atoms. The summed E-state index contributed by atoms with van der Waals surface area (Å²) in [5, 5.41) is 0. The van der Waals surface area contributed by atoms with Crippen molar-refractivity contribution < 1.29 is 0 Å². The number of fused-ring (bicyclic) bond motifs is 1. The van der Waals surface area contributed by atoms with Crippen LogP contribution in [-0.2, 0) is 12.8 Å². The van der Waals surface area contributed by atoms with E-state index < -0.39 is 0 Å². The summed E-state index contributed by atoms with van der Waals surface area (Å²) >= 11 is 0. The maximum absolute atomic E-state index is 2.27. The van der Waals surface area contributed by atoms with Gasteiger partial charge in [0.05, 0.1) is 0 Å². The fraction of sp³-hybridized carbons (Fsp3) is 0.222. The van der Waals surface area contributed by atoms with Gasteiger partial charge in [-0.3, -0.25) is 0 Å². The van der Waals surface area contributed by atoms with E-state index in [1.165, 1.54) is 35.1 Å². The molecule has 1 aliphatic rings. The lowest BCUT2D eigenvalue weighted by atomic mass is 9.84. The molecule has 1 aliphatic carbocycles. The van der Waals surface area contributed by atoms with E-state index in [4.69, 9.17) is 0 Å². The Balaban J connectivity index is 1.94. The molecule has 0 aliphatic heterocycles. The summed E-state index contributed by atoms with van der Waals surface area (Å²) in [4.78, 5) is 0. The number of aryl methyl sites for hydroxylation is 1. The molecule has 0 saturated carbocycles. The molecule has 2 aromatic carbocycles. The zero-order valence-electron chi connectivity index (χ0n) is 10.8. The second kappa shape index (κ2) is 4.81. The summed E-state index contributed by atoms with van der Waals surface area (Å²) in [6.45, 7) is 2.27. The Morgan fingerprint density at radius 2 is 1.56 bits per heavy atom. The van der Waals surface area contributed by atoms with Crippen molar-refractivity contribution in [3.05, 3.63) is 76.9 Å². The van der Waals surface area contributed by atoms with Crippen molar-refractivity contribution >= 4 is 5.57 Å². The van der Waals surface area contributed by atoms with E-state index in [9.17, 15) is 0 Å². The van der Waals surface area contributed by atoms with Gasteiger partial charge in [0, 0.05) is 0 Å². The van der Waals surface area contributed by atoms with Crippen LogP contribution in [-0.4, -0.2) is 0 Å². The minimum absolute atomic E-state index is 1.10. The van der Waals surface area contributed by atoms with Crippen LogP contribution in [0.4, 0.5) is 0 Å². The Labute approximate surface area is 109 Å². The number of hydrogen-bond acceptors (Lipinski definition) is 0. The summed E-state index contributed by atoms with van der Waals surface area (Å²) < 4.78 is 0. The highest BCUT2D eigenvalue weighted by Gasteiger charge is 2.15. The second-order valence-electron chi connectivity index (χ2n) is 5.05. The molecule has 3 rings (SSSR count).